The maximum atomic E-state index is 2.77. The molecule has 0 spiro atoms. The molecule has 0 bridgehead atoms. The molecule has 0 radical (unpaired) electrons. The van der Waals surface area contributed by atoms with Crippen molar-refractivity contribution in [2.45, 2.75) is 46.3 Å². The van der Waals surface area contributed by atoms with E-state index in [0.29, 0.717) is 7.35 Å². The molecule has 0 N–H and O–H groups in total. The predicted octanol–water partition coefficient (Wildman–Crippen LogP) is 10.4. The van der Waals surface area contributed by atoms with E-state index in [0.717, 1.165) is 0 Å². The molecule has 4 aromatic rings. The molecule has 2 heteroatoms. The molecule has 39 heavy (non-hydrogen) atoms. The topological polar surface area (TPSA) is 0 Å². The van der Waals surface area contributed by atoms with E-state index in [2.05, 4.69) is 151 Å². The van der Waals surface area contributed by atoms with Gasteiger partial charge in [0.05, 0.1) is 0 Å². The molecule has 198 valence electrons. The van der Waals surface area contributed by atoms with Gasteiger partial charge in [-0.05, 0) is 0 Å². The molecule has 0 aromatic heterocycles. The van der Waals surface area contributed by atoms with Crippen molar-refractivity contribution in [1.82, 2.24) is 0 Å². The van der Waals surface area contributed by atoms with Crippen molar-refractivity contribution in [3.63, 3.8) is 0 Å². The quantitative estimate of drug-likeness (QED) is 0.183. The van der Waals surface area contributed by atoms with Crippen LogP contribution < -0.4 is 0 Å². The van der Waals surface area contributed by atoms with Crippen LogP contribution in [0.2, 0.25) is 18.2 Å². The molecule has 0 nitrogen and oxygen atoms in total. The summed E-state index contributed by atoms with van der Waals surface area (Å²) in [5.41, 5.74) is 13.9. The molecular formula is C37H42HfSi. The van der Waals surface area contributed by atoms with Gasteiger partial charge < -0.3 is 0 Å². The first-order chi connectivity index (χ1) is 18.3. The van der Waals surface area contributed by atoms with E-state index in [4.69, 9.17) is 0 Å². The van der Waals surface area contributed by atoms with Crippen molar-refractivity contribution in [3.05, 3.63) is 130 Å². The summed E-state index contributed by atoms with van der Waals surface area (Å²) in [6.45, 7) is 9.32. The molecule has 0 amide bonds. The number of rotatable bonds is 5. The van der Waals surface area contributed by atoms with Crippen LogP contribution in [0.25, 0.3) is 34.4 Å². The summed E-state index contributed by atoms with van der Waals surface area (Å²) >= 11 is -4.78. The summed E-state index contributed by atoms with van der Waals surface area (Å²) in [7, 11) is 0. The average Bonchev–Trinajstić information content (AvgIpc) is 3.55. The zero-order valence-corrected chi connectivity index (χ0v) is 29.5. The standard InChI is InChI=1S/2C16H13.C2H5.3CH3.Hf.H2Si/c2*1-12-5-2-8-14(11-12)16-10-4-7-13-6-3-9-15(13)16;1-2;;;;;/h2*2-11H,1H3;1H2,2H3;3*1H3;;1H2. The Morgan fingerprint density at radius 1 is 0.615 bits per heavy atom. The van der Waals surface area contributed by atoms with Crippen molar-refractivity contribution in [1.29, 1.82) is 0 Å². The summed E-state index contributed by atoms with van der Waals surface area (Å²) < 4.78 is 10.4. The van der Waals surface area contributed by atoms with Gasteiger partial charge in [-0.2, -0.15) is 0 Å². The zero-order valence-electron chi connectivity index (χ0n) is 24.5. The van der Waals surface area contributed by atoms with E-state index in [1.807, 2.05) is 0 Å². The Labute approximate surface area is 231 Å². The van der Waals surface area contributed by atoms with E-state index < -0.39 is 14.2 Å². The Kier molecular flexibility index (Phi) is 5.33. The summed E-state index contributed by atoms with van der Waals surface area (Å²) in [4.78, 5) is 0. The Bertz CT molecular complexity index is 1740. The molecule has 2 atom stereocenters. The molecule has 2 unspecified atom stereocenters. The predicted molar refractivity (Wildman–Crippen MR) is 173 cm³/mol. The van der Waals surface area contributed by atoms with Crippen LogP contribution in [0.4, 0.5) is 0 Å². The van der Waals surface area contributed by atoms with Crippen LogP contribution in [0, 0.1) is 13.8 Å². The fraction of sp³-hybridized carbons (Fsp3) is 0.243. The van der Waals surface area contributed by atoms with Gasteiger partial charge in [0.15, 0.2) is 0 Å². The third-order valence-electron chi connectivity index (χ3n) is 11.3. The molecule has 2 aliphatic carbocycles. The van der Waals surface area contributed by atoms with Crippen molar-refractivity contribution in [2.24, 2.45) is 0 Å². The second kappa shape index (κ2) is 7.80. The molecule has 6 rings (SSSR count). The second-order valence-electron chi connectivity index (χ2n) is 16.0. The molecule has 0 saturated heterocycles. The van der Waals surface area contributed by atoms with E-state index in [1.54, 1.807) is 0 Å². The summed E-state index contributed by atoms with van der Waals surface area (Å²) in [5.74, 6) is 0. The molecule has 0 aliphatic heterocycles. The van der Waals surface area contributed by atoms with Gasteiger partial charge in [-0.1, -0.05) is 0 Å². The van der Waals surface area contributed by atoms with Crippen LogP contribution in [0.1, 0.15) is 47.7 Å². The molecule has 2 aliphatic rings. The average molecular weight is 693 g/mol. The van der Waals surface area contributed by atoms with E-state index in [1.165, 1.54) is 59.8 Å². The normalized spacial score (nSPS) is 20.5. The van der Waals surface area contributed by atoms with Crippen molar-refractivity contribution >= 4 is 19.1 Å². The van der Waals surface area contributed by atoms with Crippen LogP contribution >= 0.6 is 0 Å². The first kappa shape index (κ1) is 26.7. The third kappa shape index (κ3) is 3.85. The van der Waals surface area contributed by atoms with Crippen molar-refractivity contribution in [3.8, 4) is 22.3 Å². The Balaban J connectivity index is 1.56. The number of aryl methyl sites for hydroxylation is 2. The Morgan fingerprint density at radius 3 is 1.41 bits per heavy atom. The van der Waals surface area contributed by atoms with Gasteiger partial charge in [-0.25, -0.2) is 0 Å². The van der Waals surface area contributed by atoms with Crippen LogP contribution in [0.15, 0.2) is 97.1 Å². The number of hydrogen-bond acceptors (Lipinski definition) is 0. The number of benzene rings is 4. The molecular weight excluding hydrogens is 651 g/mol. The van der Waals surface area contributed by atoms with Gasteiger partial charge in [-0.3, -0.25) is 0 Å². The van der Waals surface area contributed by atoms with Gasteiger partial charge >= 0.3 is 232 Å². The SMILES string of the molecule is C[CH2][Hf]([CH3])([CH3])([CH3])(=[SiH2])([CH]1C=Cc2c(-c3cccc(C)c3)cccc21)[CH]1C=Cc2c(-c3cccc(C)c3)cccc21. The van der Waals surface area contributed by atoms with E-state index in [-0.39, 0.29) is 0 Å². The van der Waals surface area contributed by atoms with Crippen molar-refractivity contribution in [2.75, 3.05) is 0 Å². The summed E-state index contributed by atoms with van der Waals surface area (Å²) in [6, 6.07) is 32.0. The molecule has 0 heterocycles. The number of fused-ring (bicyclic) bond motifs is 2. The van der Waals surface area contributed by atoms with Crippen LogP contribution in [0.5, 0.6) is 0 Å². The Morgan fingerprint density at radius 2 is 1.03 bits per heavy atom. The van der Waals surface area contributed by atoms with Crippen molar-refractivity contribution < 1.29 is 14.2 Å². The van der Waals surface area contributed by atoms with Gasteiger partial charge in [-0.15, -0.1) is 0 Å². The molecule has 0 saturated carbocycles. The fourth-order valence-corrected chi connectivity index (χ4v) is 38.9. The van der Waals surface area contributed by atoms with Crippen LogP contribution in [-0.2, 0) is 14.2 Å². The van der Waals surface area contributed by atoms with E-state index >= 15 is 0 Å². The molecule has 4 aromatic carbocycles. The summed E-state index contributed by atoms with van der Waals surface area (Å²) in [5, 5.41) is 0. The minimum absolute atomic E-state index is 0.431. The zero-order chi connectivity index (χ0) is 27.7. The number of hydrogen-bond donors (Lipinski definition) is 0. The third-order valence-corrected chi connectivity index (χ3v) is 60.9. The maximum absolute atomic E-state index is 4.78. The minimum atomic E-state index is -4.78. The first-order valence-electron chi connectivity index (χ1n) is 14.6. The van der Waals surface area contributed by atoms with Gasteiger partial charge in [0.25, 0.3) is 0 Å². The summed E-state index contributed by atoms with van der Waals surface area (Å²) in [6.07, 6.45) is 10.1. The van der Waals surface area contributed by atoms with Gasteiger partial charge in [0.2, 0.25) is 0 Å². The van der Waals surface area contributed by atoms with Crippen LogP contribution in [-0.4, -0.2) is 6.94 Å². The van der Waals surface area contributed by atoms with Gasteiger partial charge in [0.1, 0.15) is 0 Å². The van der Waals surface area contributed by atoms with E-state index in [9.17, 15) is 0 Å². The first-order valence-corrected chi connectivity index (χ1v) is 40.4. The number of allylic oxidation sites excluding steroid dienone is 2. The van der Waals surface area contributed by atoms with Crippen LogP contribution in [0.3, 0.4) is 0 Å². The second-order valence-corrected chi connectivity index (χ2v) is 98.4. The van der Waals surface area contributed by atoms with Gasteiger partial charge in [0, 0.05) is 0 Å². The molecule has 0 fully saturated rings. The fourth-order valence-electron chi connectivity index (χ4n) is 7.95. The Hall–Kier alpha value is -2.55. The monoisotopic (exact) mass is 694 g/mol.